The van der Waals surface area contributed by atoms with Gasteiger partial charge < -0.3 is 9.94 Å². The van der Waals surface area contributed by atoms with Crippen molar-refractivity contribution >= 4 is 5.69 Å². The van der Waals surface area contributed by atoms with Gasteiger partial charge in [0.2, 0.25) is 0 Å². The lowest BCUT2D eigenvalue weighted by Gasteiger charge is -2.08. The number of nitro groups is 1. The summed E-state index contributed by atoms with van der Waals surface area (Å²) in [6, 6.07) is 4.56. The van der Waals surface area contributed by atoms with Crippen LogP contribution in [0, 0.1) is 10.1 Å². The maximum Gasteiger partial charge on any atom is 0.311 e. The molecule has 0 saturated heterocycles. The van der Waals surface area contributed by atoms with E-state index in [0.717, 1.165) is 5.06 Å². The van der Waals surface area contributed by atoms with Crippen LogP contribution in [0.2, 0.25) is 0 Å². The van der Waals surface area contributed by atoms with E-state index in [0.29, 0.717) is 5.56 Å². The third-order valence-electron chi connectivity index (χ3n) is 1.85. The molecule has 6 nitrogen and oxygen atoms in total. The molecule has 0 fully saturated rings. The minimum atomic E-state index is -0.514. The molecule has 0 amide bonds. The van der Waals surface area contributed by atoms with E-state index < -0.39 is 4.92 Å². The van der Waals surface area contributed by atoms with Gasteiger partial charge in [0.25, 0.3) is 0 Å². The van der Waals surface area contributed by atoms with E-state index in [1.165, 1.54) is 26.3 Å². The van der Waals surface area contributed by atoms with Crippen LogP contribution in [0.5, 0.6) is 5.75 Å². The lowest BCUT2D eigenvalue weighted by atomic mass is 10.2. The Morgan fingerprint density at radius 1 is 1.60 bits per heavy atom. The molecule has 6 heteroatoms. The first kappa shape index (κ1) is 11.4. The van der Waals surface area contributed by atoms with E-state index in [-0.39, 0.29) is 18.0 Å². The Bertz CT molecular complexity index is 365. The zero-order valence-electron chi connectivity index (χ0n) is 8.51. The Hall–Kier alpha value is -1.66. The second-order valence-electron chi connectivity index (χ2n) is 3.08. The van der Waals surface area contributed by atoms with Gasteiger partial charge in [0.05, 0.1) is 12.0 Å². The fourth-order valence-corrected chi connectivity index (χ4v) is 1.24. The number of nitrogens with zero attached hydrogens (tertiary/aromatic N) is 2. The molecule has 0 radical (unpaired) electrons. The van der Waals surface area contributed by atoms with Gasteiger partial charge in [0.1, 0.15) is 0 Å². The maximum absolute atomic E-state index is 10.7. The predicted octanol–water partition coefficient (Wildman–Crippen LogP) is 1.42. The fraction of sp³-hybridized carbons (Fsp3) is 0.333. The molecule has 1 aromatic rings. The van der Waals surface area contributed by atoms with Crippen LogP contribution in [0.25, 0.3) is 0 Å². The first-order chi connectivity index (χ1) is 7.04. The first-order valence-corrected chi connectivity index (χ1v) is 4.26. The van der Waals surface area contributed by atoms with Crippen molar-refractivity contribution < 1.29 is 14.9 Å². The Labute approximate surface area is 86.8 Å². The monoisotopic (exact) mass is 212 g/mol. The van der Waals surface area contributed by atoms with Crippen molar-refractivity contribution in [2.45, 2.75) is 6.54 Å². The van der Waals surface area contributed by atoms with Crippen LogP contribution in [0.1, 0.15) is 5.56 Å². The molecule has 15 heavy (non-hydrogen) atoms. The predicted molar refractivity (Wildman–Crippen MR) is 52.9 cm³/mol. The van der Waals surface area contributed by atoms with Gasteiger partial charge >= 0.3 is 5.69 Å². The van der Waals surface area contributed by atoms with Crippen molar-refractivity contribution in [2.24, 2.45) is 0 Å². The van der Waals surface area contributed by atoms with Crippen LogP contribution in [0.4, 0.5) is 5.69 Å². The van der Waals surface area contributed by atoms with Gasteiger partial charge in [-0.3, -0.25) is 10.1 Å². The van der Waals surface area contributed by atoms with Gasteiger partial charge in [-0.25, -0.2) is 0 Å². The SMILES string of the molecule is COc1ccc(CN(C)O)cc1[N+](=O)[O-]. The summed E-state index contributed by atoms with van der Waals surface area (Å²) < 4.78 is 4.85. The Kier molecular flexibility index (Phi) is 3.59. The van der Waals surface area contributed by atoms with E-state index in [1.54, 1.807) is 6.07 Å². The van der Waals surface area contributed by atoms with E-state index in [1.807, 2.05) is 0 Å². The molecule has 0 heterocycles. The maximum atomic E-state index is 10.7. The minimum Gasteiger partial charge on any atom is -0.490 e. The number of nitro benzene ring substituents is 1. The van der Waals surface area contributed by atoms with Crippen molar-refractivity contribution in [3.8, 4) is 5.75 Å². The van der Waals surface area contributed by atoms with Gasteiger partial charge in [-0.1, -0.05) is 6.07 Å². The summed E-state index contributed by atoms with van der Waals surface area (Å²) in [7, 11) is 2.84. The molecule has 1 rings (SSSR count). The summed E-state index contributed by atoms with van der Waals surface area (Å²) >= 11 is 0. The molecule has 0 aromatic heterocycles. The summed E-state index contributed by atoms with van der Waals surface area (Å²) in [6.45, 7) is 0.227. The number of hydroxylamine groups is 2. The second-order valence-corrected chi connectivity index (χ2v) is 3.08. The van der Waals surface area contributed by atoms with Crippen LogP contribution >= 0.6 is 0 Å². The number of benzene rings is 1. The van der Waals surface area contributed by atoms with Crippen molar-refractivity contribution in [3.05, 3.63) is 33.9 Å². The highest BCUT2D eigenvalue weighted by Gasteiger charge is 2.15. The number of hydrogen-bond acceptors (Lipinski definition) is 5. The van der Waals surface area contributed by atoms with Crippen molar-refractivity contribution in [1.82, 2.24) is 5.06 Å². The van der Waals surface area contributed by atoms with E-state index in [2.05, 4.69) is 0 Å². The van der Waals surface area contributed by atoms with E-state index in [9.17, 15) is 10.1 Å². The summed E-state index contributed by atoms with van der Waals surface area (Å²) in [6.07, 6.45) is 0. The van der Waals surface area contributed by atoms with Crippen molar-refractivity contribution in [2.75, 3.05) is 14.2 Å². The Balaban J connectivity index is 3.05. The lowest BCUT2D eigenvalue weighted by molar-refractivity contribution is -0.385. The molecule has 82 valence electrons. The van der Waals surface area contributed by atoms with Crippen LogP contribution in [0.15, 0.2) is 18.2 Å². The van der Waals surface area contributed by atoms with Gasteiger partial charge in [-0.2, -0.15) is 5.06 Å². The van der Waals surface area contributed by atoms with Gasteiger partial charge in [0, 0.05) is 19.7 Å². The smallest absolute Gasteiger partial charge is 0.311 e. The molecule has 1 aromatic carbocycles. The summed E-state index contributed by atoms with van der Waals surface area (Å²) in [4.78, 5) is 10.2. The molecule has 0 saturated carbocycles. The third kappa shape index (κ3) is 2.90. The molecule has 0 spiro atoms. The number of methoxy groups -OCH3 is 1. The average molecular weight is 212 g/mol. The average Bonchev–Trinajstić information content (AvgIpc) is 2.16. The lowest BCUT2D eigenvalue weighted by Crippen LogP contribution is -2.11. The van der Waals surface area contributed by atoms with Gasteiger partial charge in [-0.15, -0.1) is 0 Å². The van der Waals surface area contributed by atoms with Gasteiger partial charge in [0.15, 0.2) is 5.75 Å². The number of ether oxygens (including phenoxy) is 1. The molecule has 0 bridgehead atoms. The molecule has 0 aliphatic rings. The summed E-state index contributed by atoms with van der Waals surface area (Å²) in [5.41, 5.74) is 0.546. The quantitative estimate of drug-likeness (QED) is 0.603. The number of rotatable bonds is 4. The van der Waals surface area contributed by atoms with Crippen LogP contribution in [-0.2, 0) is 6.54 Å². The molecule has 0 atom stereocenters. The molecular formula is C9H12N2O4. The Morgan fingerprint density at radius 3 is 2.73 bits per heavy atom. The highest BCUT2D eigenvalue weighted by Crippen LogP contribution is 2.27. The zero-order valence-corrected chi connectivity index (χ0v) is 8.51. The fourth-order valence-electron chi connectivity index (χ4n) is 1.24. The minimum absolute atomic E-state index is 0.100. The zero-order chi connectivity index (χ0) is 11.4. The van der Waals surface area contributed by atoms with Crippen LogP contribution in [-0.4, -0.2) is 29.4 Å². The van der Waals surface area contributed by atoms with Crippen LogP contribution in [0.3, 0.4) is 0 Å². The largest absolute Gasteiger partial charge is 0.490 e. The van der Waals surface area contributed by atoms with E-state index in [4.69, 9.17) is 9.94 Å². The normalized spacial score (nSPS) is 10.4. The first-order valence-electron chi connectivity index (χ1n) is 4.26. The topological polar surface area (TPSA) is 75.8 Å². The van der Waals surface area contributed by atoms with Crippen molar-refractivity contribution in [3.63, 3.8) is 0 Å². The third-order valence-corrected chi connectivity index (χ3v) is 1.85. The summed E-state index contributed by atoms with van der Waals surface area (Å²) in [5, 5.41) is 20.6. The van der Waals surface area contributed by atoms with Gasteiger partial charge in [-0.05, 0) is 11.6 Å². The summed E-state index contributed by atoms with van der Waals surface area (Å²) in [5.74, 6) is 0.212. The highest BCUT2D eigenvalue weighted by molar-refractivity contribution is 5.48. The molecule has 1 N–H and O–H groups in total. The number of hydrogen-bond donors (Lipinski definition) is 1. The second kappa shape index (κ2) is 4.72. The molecule has 0 unspecified atom stereocenters. The Morgan fingerprint density at radius 2 is 2.27 bits per heavy atom. The van der Waals surface area contributed by atoms with Crippen LogP contribution < -0.4 is 4.74 Å². The molecule has 0 aliphatic carbocycles. The highest BCUT2D eigenvalue weighted by atomic mass is 16.6. The van der Waals surface area contributed by atoms with Crippen molar-refractivity contribution in [1.29, 1.82) is 0 Å². The van der Waals surface area contributed by atoms with E-state index >= 15 is 0 Å². The molecular weight excluding hydrogens is 200 g/mol. The standard InChI is InChI=1S/C9H12N2O4/c1-10(12)6-7-3-4-9(15-2)8(5-7)11(13)14/h3-5,12H,6H2,1-2H3. The molecule has 0 aliphatic heterocycles.